The fourth-order valence-electron chi connectivity index (χ4n) is 1.50. The molecule has 1 nitrogen and oxygen atoms in total. The summed E-state index contributed by atoms with van der Waals surface area (Å²) in [6, 6.07) is 6.52. The summed E-state index contributed by atoms with van der Waals surface area (Å²) in [5.41, 5.74) is 4.12. The van der Waals surface area contributed by atoms with Gasteiger partial charge in [0.2, 0.25) is 0 Å². The molecule has 0 heterocycles. The molecule has 0 amide bonds. The SMILES string of the molecule is CSCc1cccc(NCC(C)C)c1C. The van der Waals surface area contributed by atoms with Crippen molar-refractivity contribution in [3.63, 3.8) is 0 Å². The van der Waals surface area contributed by atoms with Crippen molar-refractivity contribution in [3.05, 3.63) is 29.3 Å². The minimum absolute atomic E-state index is 0.689. The van der Waals surface area contributed by atoms with Crippen LogP contribution in [0.4, 0.5) is 5.69 Å². The number of rotatable bonds is 5. The molecule has 15 heavy (non-hydrogen) atoms. The first-order chi connectivity index (χ1) is 7.15. The molecule has 0 bridgehead atoms. The summed E-state index contributed by atoms with van der Waals surface area (Å²) in [7, 11) is 0. The minimum Gasteiger partial charge on any atom is -0.385 e. The lowest BCUT2D eigenvalue weighted by Crippen LogP contribution is -2.09. The van der Waals surface area contributed by atoms with Gasteiger partial charge in [-0.2, -0.15) is 11.8 Å². The molecule has 1 N–H and O–H groups in total. The number of hydrogen-bond acceptors (Lipinski definition) is 2. The third-order valence-electron chi connectivity index (χ3n) is 2.45. The first-order valence-electron chi connectivity index (χ1n) is 5.46. The van der Waals surface area contributed by atoms with Gasteiger partial charge in [0.15, 0.2) is 0 Å². The number of thioether (sulfide) groups is 1. The van der Waals surface area contributed by atoms with E-state index in [4.69, 9.17) is 0 Å². The Morgan fingerprint density at radius 2 is 2.07 bits per heavy atom. The maximum atomic E-state index is 3.50. The lowest BCUT2D eigenvalue weighted by Gasteiger charge is -2.14. The van der Waals surface area contributed by atoms with Crippen LogP contribution in [0.15, 0.2) is 18.2 Å². The number of anilines is 1. The van der Waals surface area contributed by atoms with Crippen molar-refractivity contribution >= 4 is 17.4 Å². The van der Waals surface area contributed by atoms with Crippen molar-refractivity contribution in [2.45, 2.75) is 26.5 Å². The van der Waals surface area contributed by atoms with E-state index in [1.165, 1.54) is 16.8 Å². The molecule has 0 fully saturated rings. The van der Waals surface area contributed by atoms with Crippen LogP contribution in [0.2, 0.25) is 0 Å². The van der Waals surface area contributed by atoms with E-state index in [1.54, 1.807) is 0 Å². The van der Waals surface area contributed by atoms with Gasteiger partial charge < -0.3 is 5.32 Å². The topological polar surface area (TPSA) is 12.0 Å². The molecule has 1 aromatic carbocycles. The van der Waals surface area contributed by atoms with Crippen LogP contribution in [0.5, 0.6) is 0 Å². The number of benzene rings is 1. The molecule has 0 saturated carbocycles. The third kappa shape index (κ3) is 3.78. The predicted molar refractivity (Wildman–Crippen MR) is 71.7 cm³/mol. The van der Waals surface area contributed by atoms with Gasteiger partial charge in [-0.05, 0) is 36.3 Å². The molecular formula is C13H21NS. The number of hydrogen-bond donors (Lipinski definition) is 1. The van der Waals surface area contributed by atoms with Crippen molar-refractivity contribution in [2.24, 2.45) is 5.92 Å². The van der Waals surface area contributed by atoms with Crippen LogP contribution in [0.1, 0.15) is 25.0 Å². The Hall–Kier alpha value is -0.630. The molecule has 0 aromatic heterocycles. The molecule has 1 rings (SSSR count). The van der Waals surface area contributed by atoms with Crippen LogP contribution in [0, 0.1) is 12.8 Å². The van der Waals surface area contributed by atoms with Gasteiger partial charge in [0.05, 0.1) is 0 Å². The summed E-state index contributed by atoms with van der Waals surface area (Å²) in [6.07, 6.45) is 2.15. The van der Waals surface area contributed by atoms with Crippen LogP contribution < -0.4 is 5.32 Å². The van der Waals surface area contributed by atoms with Crippen molar-refractivity contribution in [1.29, 1.82) is 0 Å². The Kier molecular flexibility index (Phi) is 5.03. The molecule has 0 saturated heterocycles. The highest BCUT2D eigenvalue weighted by Crippen LogP contribution is 2.22. The second kappa shape index (κ2) is 6.06. The van der Waals surface area contributed by atoms with E-state index in [2.05, 4.69) is 50.5 Å². The van der Waals surface area contributed by atoms with Gasteiger partial charge in [-0.15, -0.1) is 0 Å². The summed E-state index contributed by atoms with van der Waals surface area (Å²) in [4.78, 5) is 0. The molecule has 84 valence electrons. The van der Waals surface area contributed by atoms with Crippen LogP contribution in [0.25, 0.3) is 0 Å². The zero-order valence-electron chi connectivity index (χ0n) is 10.1. The largest absolute Gasteiger partial charge is 0.385 e. The van der Waals surface area contributed by atoms with Crippen molar-refractivity contribution in [2.75, 3.05) is 18.1 Å². The van der Waals surface area contributed by atoms with Crippen LogP contribution in [-0.4, -0.2) is 12.8 Å². The Bertz CT molecular complexity index is 307. The minimum atomic E-state index is 0.689. The molecular weight excluding hydrogens is 202 g/mol. The van der Waals surface area contributed by atoms with E-state index in [0.29, 0.717) is 5.92 Å². The van der Waals surface area contributed by atoms with E-state index in [0.717, 1.165) is 12.3 Å². The van der Waals surface area contributed by atoms with Gasteiger partial charge in [-0.1, -0.05) is 26.0 Å². The lowest BCUT2D eigenvalue weighted by atomic mass is 10.1. The highest BCUT2D eigenvalue weighted by molar-refractivity contribution is 7.97. The van der Waals surface area contributed by atoms with Crippen LogP contribution in [0.3, 0.4) is 0 Å². The molecule has 1 aromatic rings. The Balaban J connectivity index is 2.75. The molecule has 0 spiro atoms. The fraction of sp³-hybridized carbons (Fsp3) is 0.538. The maximum Gasteiger partial charge on any atom is 0.0373 e. The smallest absolute Gasteiger partial charge is 0.0373 e. The van der Waals surface area contributed by atoms with E-state index < -0.39 is 0 Å². The van der Waals surface area contributed by atoms with Gasteiger partial charge in [0.1, 0.15) is 0 Å². The Morgan fingerprint density at radius 3 is 2.67 bits per heavy atom. The highest BCUT2D eigenvalue weighted by Gasteiger charge is 2.03. The summed E-state index contributed by atoms with van der Waals surface area (Å²) >= 11 is 1.87. The van der Waals surface area contributed by atoms with Gasteiger partial charge in [0, 0.05) is 18.0 Å². The second-order valence-corrected chi connectivity index (χ2v) is 5.16. The lowest BCUT2D eigenvalue weighted by molar-refractivity contribution is 0.688. The van der Waals surface area contributed by atoms with E-state index in [9.17, 15) is 0 Å². The van der Waals surface area contributed by atoms with E-state index in [1.807, 2.05) is 11.8 Å². The number of nitrogens with one attached hydrogen (secondary N) is 1. The van der Waals surface area contributed by atoms with Crippen LogP contribution in [-0.2, 0) is 5.75 Å². The molecule has 0 atom stereocenters. The summed E-state index contributed by atoms with van der Waals surface area (Å²) in [6.45, 7) is 7.71. The highest BCUT2D eigenvalue weighted by atomic mass is 32.2. The van der Waals surface area contributed by atoms with Crippen molar-refractivity contribution in [3.8, 4) is 0 Å². The maximum absolute atomic E-state index is 3.50. The first kappa shape index (κ1) is 12.4. The predicted octanol–water partition coefficient (Wildman–Crippen LogP) is 3.93. The first-order valence-corrected chi connectivity index (χ1v) is 6.85. The summed E-state index contributed by atoms with van der Waals surface area (Å²) in [5, 5.41) is 3.50. The molecule has 0 aliphatic heterocycles. The van der Waals surface area contributed by atoms with Crippen LogP contribution >= 0.6 is 11.8 Å². The van der Waals surface area contributed by atoms with Crippen molar-refractivity contribution in [1.82, 2.24) is 0 Å². The monoisotopic (exact) mass is 223 g/mol. The molecule has 0 aliphatic carbocycles. The average Bonchev–Trinajstić information content (AvgIpc) is 2.19. The molecule has 2 heteroatoms. The quantitative estimate of drug-likeness (QED) is 0.812. The standard InChI is InChI=1S/C13H21NS/c1-10(2)8-14-13-7-5-6-12(9-15-4)11(13)3/h5-7,10,14H,8-9H2,1-4H3. The van der Waals surface area contributed by atoms with Gasteiger partial charge in [-0.3, -0.25) is 0 Å². The Labute approximate surface area is 97.7 Å². The molecule has 0 radical (unpaired) electrons. The molecule has 0 aliphatic rings. The second-order valence-electron chi connectivity index (χ2n) is 4.30. The van der Waals surface area contributed by atoms with E-state index >= 15 is 0 Å². The Morgan fingerprint density at radius 1 is 1.33 bits per heavy atom. The average molecular weight is 223 g/mol. The van der Waals surface area contributed by atoms with Gasteiger partial charge in [0.25, 0.3) is 0 Å². The molecule has 0 unspecified atom stereocenters. The summed E-state index contributed by atoms with van der Waals surface area (Å²) in [5.74, 6) is 1.79. The fourth-order valence-corrected chi connectivity index (χ4v) is 2.12. The third-order valence-corrected chi connectivity index (χ3v) is 3.05. The van der Waals surface area contributed by atoms with Gasteiger partial charge >= 0.3 is 0 Å². The summed E-state index contributed by atoms with van der Waals surface area (Å²) < 4.78 is 0. The van der Waals surface area contributed by atoms with E-state index in [-0.39, 0.29) is 0 Å². The zero-order valence-corrected chi connectivity index (χ0v) is 10.9. The van der Waals surface area contributed by atoms with Gasteiger partial charge in [-0.25, -0.2) is 0 Å². The normalized spacial score (nSPS) is 10.7. The zero-order chi connectivity index (χ0) is 11.3. The van der Waals surface area contributed by atoms with Crippen molar-refractivity contribution < 1.29 is 0 Å².